The van der Waals surface area contributed by atoms with E-state index in [2.05, 4.69) is 34.5 Å². The van der Waals surface area contributed by atoms with Crippen LogP contribution in [0.5, 0.6) is 0 Å². The van der Waals surface area contributed by atoms with E-state index in [9.17, 15) is 0 Å². The van der Waals surface area contributed by atoms with Gasteiger partial charge in [0.2, 0.25) is 0 Å². The molecule has 0 spiro atoms. The van der Waals surface area contributed by atoms with Crippen molar-refractivity contribution in [2.75, 3.05) is 6.54 Å². The number of fused-ring (bicyclic) bond motifs is 2. The molecule has 1 aliphatic carbocycles. The normalized spacial score (nSPS) is 38.7. The van der Waals surface area contributed by atoms with Crippen LogP contribution in [-0.2, 0) is 0 Å². The predicted molar refractivity (Wildman–Crippen MR) is 54.6 cm³/mol. The molecule has 3 atom stereocenters. The molecule has 74 valence electrons. The molecule has 0 radical (unpaired) electrons. The lowest BCUT2D eigenvalue weighted by atomic mass is 9.97. The van der Waals surface area contributed by atoms with Crippen LogP contribution < -0.4 is 16.8 Å². The molecule has 0 saturated carbocycles. The van der Waals surface area contributed by atoms with Gasteiger partial charge in [0.25, 0.3) is 0 Å². The first-order valence-corrected chi connectivity index (χ1v) is 4.91. The van der Waals surface area contributed by atoms with Crippen LogP contribution in [0.1, 0.15) is 0 Å². The molecule has 0 bridgehead atoms. The molecule has 2 aliphatic heterocycles. The van der Waals surface area contributed by atoms with Gasteiger partial charge in [0.05, 0.1) is 0 Å². The summed E-state index contributed by atoms with van der Waals surface area (Å²) in [5.74, 6) is 1.61. The third-order valence-electron chi connectivity index (χ3n) is 3.12. The molecule has 0 amide bonds. The first kappa shape index (κ1) is 8.08. The highest BCUT2D eigenvalue weighted by Gasteiger charge is 2.40. The predicted octanol–water partition coefficient (Wildman–Crippen LogP) is -0.571. The molecule has 4 heteroatoms. The smallest absolute Gasteiger partial charge is 0.112 e. The fourth-order valence-corrected chi connectivity index (χ4v) is 2.34. The van der Waals surface area contributed by atoms with Crippen molar-refractivity contribution in [1.82, 2.24) is 10.2 Å². The average Bonchev–Trinajstić information content (AvgIpc) is 2.67. The molecule has 14 heavy (non-hydrogen) atoms. The molecule has 1 saturated heterocycles. The second kappa shape index (κ2) is 2.62. The minimum Gasteiger partial charge on any atom is -0.353 e. The van der Waals surface area contributed by atoms with Gasteiger partial charge in [-0.05, 0) is 0 Å². The molecular weight excluding hydrogens is 176 g/mol. The lowest BCUT2D eigenvalue weighted by molar-refractivity contribution is 0.292. The Morgan fingerprint density at radius 2 is 2.21 bits per heavy atom. The Bertz CT molecular complexity index is 355. The number of rotatable bonds is 0. The maximum Gasteiger partial charge on any atom is 0.112 e. The van der Waals surface area contributed by atoms with Crippen LogP contribution in [0.4, 0.5) is 0 Å². The third kappa shape index (κ3) is 0.895. The fraction of sp³-hybridized carbons (Fsp3) is 0.400. The van der Waals surface area contributed by atoms with E-state index in [-0.39, 0.29) is 12.3 Å². The van der Waals surface area contributed by atoms with Crippen molar-refractivity contribution in [1.29, 1.82) is 0 Å². The van der Waals surface area contributed by atoms with Crippen LogP contribution in [0.25, 0.3) is 0 Å². The van der Waals surface area contributed by atoms with Crippen molar-refractivity contribution >= 4 is 0 Å². The Morgan fingerprint density at radius 1 is 1.36 bits per heavy atom. The zero-order chi connectivity index (χ0) is 9.71. The van der Waals surface area contributed by atoms with Gasteiger partial charge in [-0.1, -0.05) is 24.3 Å². The molecule has 0 aromatic carbocycles. The standard InChI is InChI=1S/C10H14N4/c11-8-9(12)14-5-6-3-1-2-4-7(6)10(14)13-8/h1-4,6,8-9,13H,5,11-12H2. The number of hydrogen-bond acceptors (Lipinski definition) is 4. The zero-order valence-electron chi connectivity index (χ0n) is 7.85. The Labute approximate surface area is 82.9 Å². The van der Waals surface area contributed by atoms with Gasteiger partial charge in [-0.3, -0.25) is 0 Å². The third-order valence-corrected chi connectivity index (χ3v) is 3.12. The van der Waals surface area contributed by atoms with Gasteiger partial charge < -0.3 is 21.7 Å². The van der Waals surface area contributed by atoms with E-state index >= 15 is 0 Å². The van der Waals surface area contributed by atoms with Crippen LogP contribution in [-0.4, -0.2) is 23.8 Å². The number of allylic oxidation sites excluding steroid dienone is 3. The van der Waals surface area contributed by atoms with Crippen molar-refractivity contribution < 1.29 is 0 Å². The van der Waals surface area contributed by atoms with Gasteiger partial charge in [0.15, 0.2) is 0 Å². The molecule has 2 heterocycles. The topological polar surface area (TPSA) is 67.3 Å². The number of hydrogen-bond donors (Lipinski definition) is 3. The molecule has 4 nitrogen and oxygen atoms in total. The minimum atomic E-state index is -0.141. The van der Waals surface area contributed by atoms with Gasteiger partial charge in [0.1, 0.15) is 18.2 Å². The Morgan fingerprint density at radius 3 is 3.07 bits per heavy atom. The summed E-state index contributed by atoms with van der Waals surface area (Å²) >= 11 is 0. The van der Waals surface area contributed by atoms with Gasteiger partial charge >= 0.3 is 0 Å². The SMILES string of the molecule is NC1NC2=C3C=CC=CC3CN2C1N. The van der Waals surface area contributed by atoms with E-state index in [0.29, 0.717) is 5.92 Å². The average molecular weight is 190 g/mol. The highest BCUT2D eigenvalue weighted by molar-refractivity contribution is 5.41. The van der Waals surface area contributed by atoms with E-state index in [1.165, 1.54) is 5.57 Å². The number of nitrogens with one attached hydrogen (secondary N) is 1. The van der Waals surface area contributed by atoms with Crippen molar-refractivity contribution in [3.8, 4) is 0 Å². The van der Waals surface area contributed by atoms with Crippen LogP contribution >= 0.6 is 0 Å². The maximum atomic E-state index is 5.97. The van der Waals surface area contributed by atoms with Crippen molar-refractivity contribution in [3.63, 3.8) is 0 Å². The van der Waals surface area contributed by atoms with Gasteiger partial charge in [-0.2, -0.15) is 0 Å². The number of nitrogens with two attached hydrogens (primary N) is 2. The first-order chi connectivity index (χ1) is 6.77. The zero-order valence-corrected chi connectivity index (χ0v) is 7.85. The Hall–Kier alpha value is -1.26. The summed E-state index contributed by atoms with van der Waals surface area (Å²) in [7, 11) is 0. The molecule has 0 aromatic rings. The van der Waals surface area contributed by atoms with E-state index < -0.39 is 0 Å². The molecule has 3 rings (SSSR count). The fourth-order valence-electron chi connectivity index (χ4n) is 2.34. The van der Waals surface area contributed by atoms with E-state index in [4.69, 9.17) is 11.5 Å². The second-order valence-electron chi connectivity index (χ2n) is 3.97. The van der Waals surface area contributed by atoms with Crippen LogP contribution in [0, 0.1) is 5.92 Å². The molecule has 3 unspecified atom stereocenters. The summed E-state index contributed by atoms with van der Waals surface area (Å²) in [6, 6.07) is 0. The molecular formula is C10H14N4. The molecule has 1 fully saturated rings. The summed E-state index contributed by atoms with van der Waals surface area (Å²) in [6.45, 7) is 0.952. The maximum absolute atomic E-state index is 5.97. The Kier molecular flexibility index (Phi) is 1.51. The van der Waals surface area contributed by atoms with Crippen molar-refractivity contribution in [2.45, 2.75) is 12.3 Å². The van der Waals surface area contributed by atoms with E-state index in [1.54, 1.807) is 0 Å². The summed E-state index contributed by atoms with van der Waals surface area (Å²) in [4.78, 5) is 2.16. The highest BCUT2D eigenvalue weighted by Crippen LogP contribution is 2.34. The van der Waals surface area contributed by atoms with Crippen LogP contribution in [0.2, 0.25) is 0 Å². The van der Waals surface area contributed by atoms with Gasteiger partial charge in [0, 0.05) is 18.0 Å². The van der Waals surface area contributed by atoms with Crippen LogP contribution in [0.3, 0.4) is 0 Å². The van der Waals surface area contributed by atoms with Crippen LogP contribution in [0.15, 0.2) is 35.7 Å². The largest absolute Gasteiger partial charge is 0.353 e. The number of nitrogens with zero attached hydrogens (tertiary/aromatic N) is 1. The van der Waals surface area contributed by atoms with Gasteiger partial charge in [-0.15, -0.1) is 0 Å². The quantitative estimate of drug-likeness (QED) is 0.478. The molecule has 0 aromatic heterocycles. The molecule has 5 N–H and O–H groups in total. The first-order valence-electron chi connectivity index (χ1n) is 4.91. The second-order valence-corrected chi connectivity index (χ2v) is 3.97. The lowest BCUT2D eigenvalue weighted by Crippen LogP contribution is -2.49. The van der Waals surface area contributed by atoms with E-state index in [1.807, 2.05) is 0 Å². The molecule has 3 aliphatic rings. The monoisotopic (exact) mass is 190 g/mol. The summed E-state index contributed by atoms with van der Waals surface area (Å²) < 4.78 is 0. The van der Waals surface area contributed by atoms with Crippen molar-refractivity contribution in [3.05, 3.63) is 35.7 Å². The summed E-state index contributed by atoms with van der Waals surface area (Å²) in [6.07, 6.45) is 8.25. The summed E-state index contributed by atoms with van der Waals surface area (Å²) in [5.41, 5.74) is 13.1. The van der Waals surface area contributed by atoms with Crippen molar-refractivity contribution in [2.24, 2.45) is 17.4 Å². The Balaban J connectivity index is 2.02. The van der Waals surface area contributed by atoms with E-state index in [0.717, 1.165) is 12.4 Å². The lowest BCUT2D eigenvalue weighted by Gasteiger charge is -2.21. The van der Waals surface area contributed by atoms with Gasteiger partial charge in [-0.25, -0.2) is 0 Å². The highest BCUT2D eigenvalue weighted by atomic mass is 15.4. The summed E-state index contributed by atoms with van der Waals surface area (Å²) in [5, 5.41) is 3.24. The minimum absolute atomic E-state index is 0.0927.